The van der Waals surface area contributed by atoms with Gasteiger partial charge in [-0.05, 0) is 6.42 Å². The largest absolute Gasteiger partial charge is 0.427 e. The van der Waals surface area contributed by atoms with Crippen LogP contribution in [0, 0.1) is 0 Å². The van der Waals surface area contributed by atoms with Crippen molar-refractivity contribution in [3.05, 3.63) is 0 Å². The van der Waals surface area contributed by atoms with Gasteiger partial charge < -0.3 is 59.8 Å². The van der Waals surface area contributed by atoms with Crippen LogP contribution in [0.3, 0.4) is 0 Å². The van der Waals surface area contributed by atoms with Crippen molar-refractivity contribution in [3.8, 4) is 0 Å². The Morgan fingerprint density at radius 3 is 1.79 bits per heavy atom. The van der Waals surface area contributed by atoms with E-state index in [0.29, 0.717) is 6.42 Å². The first-order valence-electron chi connectivity index (χ1n) is 13.7. The lowest BCUT2D eigenvalue weighted by atomic mass is 9.95. The first-order chi connectivity index (χ1) is 18.1. The van der Waals surface area contributed by atoms with Gasteiger partial charge in [-0.3, -0.25) is 4.79 Å². The van der Waals surface area contributed by atoms with E-state index in [1.807, 2.05) is 0 Å². The van der Waals surface area contributed by atoms with Crippen LogP contribution in [-0.4, -0.2) is 115 Å². The van der Waals surface area contributed by atoms with E-state index in [1.165, 1.54) is 38.5 Å². The van der Waals surface area contributed by atoms with Gasteiger partial charge in [0.25, 0.3) is 5.79 Å². The molecule has 2 aliphatic rings. The fourth-order valence-electron chi connectivity index (χ4n) is 4.64. The molecule has 13 heteroatoms. The number of carbonyl (C=O) groups excluding carboxylic acids is 1. The average Bonchev–Trinajstić information content (AvgIpc) is 2.89. The lowest BCUT2D eigenvalue weighted by molar-refractivity contribution is -0.427. The van der Waals surface area contributed by atoms with Gasteiger partial charge in [0.05, 0.1) is 0 Å². The molecule has 0 saturated carbocycles. The second kappa shape index (κ2) is 16.3. The van der Waals surface area contributed by atoms with E-state index in [2.05, 4.69) is 6.92 Å². The standard InChI is InChI=1S/C25H46O13/c1-2-3-4-5-6-7-8-9-10-11-12-13-15(27)37-25(14-26)21(17(29)19(31)23(34)38-25)35-24-20(32)16(28)18(30)22(33)36-24/h16-24,26,28-34H,2-14H2,1H3/t16-,17-,18-,19+,20+,21-,22-,23+,24+,25-/m0/s1. The minimum absolute atomic E-state index is 0.0598. The van der Waals surface area contributed by atoms with Crippen LogP contribution in [0.2, 0.25) is 0 Å². The number of rotatable bonds is 16. The van der Waals surface area contributed by atoms with Gasteiger partial charge in [0.15, 0.2) is 25.0 Å². The highest BCUT2D eigenvalue weighted by molar-refractivity contribution is 5.69. The van der Waals surface area contributed by atoms with E-state index in [-0.39, 0.29) is 6.42 Å². The quantitative estimate of drug-likeness (QED) is 0.0861. The zero-order chi connectivity index (χ0) is 28.3. The zero-order valence-electron chi connectivity index (χ0n) is 22.0. The molecule has 2 saturated heterocycles. The zero-order valence-corrected chi connectivity index (χ0v) is 22.0. The van der Waals surface area contributed by atoms with E-state index in [1.54, 1.807) is 0 Å². The molecule has 2 heterocycles. The molecule has 2 fully saturated rings. The lowest BCUT2D eigenvalue weighted by Gasteiger charge is -2.49. The third-order valence-corrected chi connectivity index (χ3v) is 7.02. The van der Waals surface area contributed by atoms with E-state index in [4.69, 9.17) is 18.9 Å². The summed E-state index contributed by atoms with van der Waals surface area (Å²) in [6.07, 6.45) is -5.82. The number of unbranched alkanes of at least 4 members (excludes halogenated alkanes) is 10. The smallest absolute Gasteiger partial charge is 0.308 e. The van der Waals surface area contributed by atoms with Crippen LogP contribution in [0.1, 0.15) is 84.0 Å². The first-order valence-corrected chi connectivity index (χ1v) is 13.7. The number of hydrogen-bond acceptors (Lipinski definition) is 13. The Morgan fingerprint density at radius 2 is 1.24 bits per heavy atom. The SMILES string of the molecule is CCCCCCCCCCCCCC(=O)O[C@@]1(CO)O[C@@H](O)[C@H](O)[C@H](O)[C@@H]1O[C@@H]1O[C@H](O)[C@@H](O)[C@H](O)[C@H]1O. The third kappa shape index (κ3) is 9.03. The summed E-state index contributed by atoms with van der Waals surface area (Å²) in [7, 11) is 0. The molecule has 2 rings (SSSR count). The van der Waals surface area contributed by atoms with Gasteiger partial charge in [-0.15, -0.1) is 0 Å². The van der Waals surface area contributed by atoms with Crippen molar-refractivity contribution in [2.75, 3.05) is 6.61 Å². The third-order valence-electron chi connectivity index (χ3n) is 7.02. The van der Waals surface area contributed by atoms with E-state index < -0.39 is 73.9 Å². The number of hydrogen-bond donors (Lipinski definition) is 8. The van der Waals surface area contributed by atoms with Gasteiger partial charge in [0, 0.05) is 6.42 Å². The Morgan fingerprint density at radius 1 is 0.711 bits per heavy atom. The van der Waals surface area contributed by atoms with Gasteiger partial charge in [-0.1, -0.05) is 71.1 Å². The first kappa shape index (κ1) is 33.2. The van der Waals surface area contributed by atoms with Crippen molar-refractivity contribution in [2.45, 2.75) is 145 Å². The Kier molecular flexibility index (Phi) is 14.3. The number of aliphatic hydroxyl groups excluding tert-OH is 8. The summed E-state index contributed by atoms with van der Waals surface area (Å²) >= 11 is 0. The molecule has 0 aromatic carbocycles. The molecule has 8 N–H and O–H groups in total. The maximum absolute atomic E-state index is 12.6. The fraction of sp³-hybridized carbons (Fsp3) is 0.960. The average molecular weight is 555 g/mol. The molecule has 0 radical (unpaired) electrons. The van der Waals surface area contributed by atoms with Crippen molar-refractivity contribution >= 4 is 5.97 Å². The van der Waals surface area contributed by atoms with Gasteiger partial charge >= 0.3 is 5.97 Å². The number of ether oxygens (including phenoxy) is 4. The Labute approximate surface area is 222 Å². The molecule has 38 heavy (non-hydrogen) atoms. The Bertz CT molecular complexity index is 682. The second-order valence-corrected chi connectivity index (χ2v) is 10.1. The minimum Gasteiger partial charge on any atom is -0.427 e. The summed E-state index contributed by atoms with van der Waals surface area (Å²) in [4.78, 5) is 12.6. The van der Waals surface area contributed by atoms with Crippen LogP contribution in [0.5, 0.6) is 0 Å². The molecular formula is C25H46O13. The van der Waals surface area contributed by atoms with Crippen LogP contribution >= 0.6 is 0 Å². The molecule has 0 aromatic heterocycles. The predicted octanol–water partition coefficient (Wildman–Crippen LogP) is -0.868. The highest BCUT2D eigenvalue weighted by atomic mass is 16.8. The van der Waals surface area contributed by atoms with E-state index in [9.17, 15) is 45.6 Å². The molecule has 224 valence electrons. The van der Waals surface area contributed by atoms with Crippen molar-refractivity contribution < 1.29 is 64.6 Å². The molecule has 0 bridgehead atoms. The molecule has 10 atom stereocenters. The minimum atomic E-state index is -2.51. The molecule has 13 nitrogen and oxygen atoms in total. The summed E-state index contributed by atoms with van der Waals surface area (Å²) in [5, 5.41) is 80.1. The highest BCUT2D eigenvalue weighted by Crippen LogP contribution is 2.35. The molecule has 0 amide bonds. The summed E-state index contributed by atoms with van der Waals surface area (Å²) in [5.41, 5.74) is 0. The maximum atomic E-state index is 12.6. The lowest BCUT2D eigenvalue weighted by Crippen LogP contribution is -2.70. The Balaban J connectivity index is 1.90. The van der Waals surface area contributed by atoms with Crippen LogP contribution in [0.15, 0.2) is 0 Å². The van der Waals surface area contributed by atoms with Gasteiger partial charge in [0.1, 0.15) is 37.1 Å². The Hall–Kier alpha value is -0.970. The van der Waals surface area contributed by atoms with Crippen LogP contribution in [0.25, 0.3) is 0 Å². The van der Waals surface area contributed by atoms with Crippen molar-refractivity contribution in [1.29, 1.82) is 0 Å². The van der Waals surface area contributed by atoms with Crippen LogP contribution in [0.4, 0.5) is 0 Å². The van der Waals surface area contributed by atoms with Crippen LogP contribution in [-0.2, 0) is 23.7 Å². The number of carbonyl (C=O) groups is 1. The molecule has 0 aromatic rings. The normalized spacial score (nSPS) is 37.8. The summed E-state index contributed by atoms with van der Waals surface area (Å²) in [5.74, 6) is -3.35. The van der Waals surface area contributed by atoms with Gasteiger partial charge in [-0.25, -0.2) is 0 Å². The monoisotopic (exact) mass is 554 g/mol. The van der Waals surface area contributed by atoms with E-state index in [0.717, 1.165) is 25.7 Å². The summed E-state index contributed by atoms with van der Waals surface area (Å²) in [6.45, 7) is 1.06. The molecule has 0 unspecified atom stereocenters. The molecule has 0 aliphatic carbocycles. The van der Waals surface area contributed by atoms with Crippen molar-refractivity contribution in [1.82, 2.24) is 0 Å². The topological polar surface area (TPSA) is 216 Å². The van der Waals surface area contributed by atoms with E-state index >= 15 is 0 Å². The summed E-state index contributed by atoms with van der Waals surface area (Å²) < 4.78 is 20.8. The second-order valence-electron chi connectivity index (χ2n) is 10.1. The predicted molar refractivity (Wildman–Crippen MR) is 130 cm³/mol. The van der Waals surface area contributed by atoms with Crippen molar-refractivity contribution in [2.24, 2.45) is 0 Å². The van der Waals surface area contributed by atoms with Gasteiger partial charge in [-0.2, -0.15) is 0 Å². The highest BCUT2D eigenvalue weighted by Gasteiger charge is 2.59. The molecule has 2 aliphatic heterocycles. The summed E-state index contributed by atoms with van der Waals surface area (Å²) in [6, 6.07) is 0. The van der Waals surface area contributed by atoms with Crippen molar-refractivity contribution in [3.63, 3.8) is 0 Å². The molecular weight excluding hydrogens is 508 g/mol. The number of esters is 1. The van der Waals surface area contributed by atoms with Crippen LogP contribution < -0.4 is 0 Å². The maximum Gasteiger partial charge on any atom is 0.308 e. The fourth-order valence-corrected chi connectivity index (χ4v) is 4.64. The molecule has 0 spiro atoms. The van der Waals surface area contributed by atoms with Gasteiger partial charge in [0.2, 0.25) is 0 Å². The number of aliphatic hydroxyl groups is 8.